The largest absolute Gasteiger partial charge is 0.486 e. The van der Waals surface area contributed by atoms with Crippen LogP contribution in [0.2, 0.25) is 0 Å². The van der Waals surface area contributed by atoms with Crippen LogP contribution in [0.3, 0.4) is 0 Å². The van der Waals surface area contributed by atoms with Crippen molar-refractivity contribution in [2.75, 3.05) is 25.1 Å². The Morgan fingerprint density at radius 1 is 1.32 bits per heavy atom. The number of benzene rings is 1. The lowest BCUT2D eigenvalue weighted by Crippen LogP contribution is -2.39. The van der Waals surface area contributed by atoms with Gasteiger partial charge in [0.25, 0.3) is 0 Å². The summed E-state index contributed by atoms with van der Waals surface area (Å²) in [4.78, 5) is 16.4. The highest BCUT2D eigenvalue weighted by Gasteiger charge is 2.25. The zero-order valence-electron chi connectivity index (χ0n) is 12.0. The van der Waals surface area contributed by atoms with Gasteiger partial charge < -0.3 is 14.4 Å². The van der Waals surface area contributed by atoms with Gasteiger partial charge in [-0.3, -0.25) is 10.1 Å². The smallest absolute Gasteiger partial charge is 0.311 e. The van der Waals surface area contributed by atoms with E-state index in [2.05, 4.69) is 4.98 Å². The molecule has 0 radical (unpaired) electrons. The highest BCUT2D eigenvalue weighted by molar-refractivity contribution is 5.56. The fraction of sp³-hybridized carbons (Fsp3) is 0.267. The van der Waals surface area contributed by atoms with E-state index in [1.807, 2.05) is 24.3 Å². The van der Waals surface area contributed by atoms with Crippen molar-refractivity contribution in [3.8, 4) is 11.5 Å². The molecular formula is C15H15N3O4. The van der Waals surface area contributed by atoms with Crippen LogP contribution in [-0.2, 0) is 0 Å². The van der Waals surface area contributed by atoms with Crippen molar-refractivity contribution in [1.29, 1.82) is 0 Å². The molecule has 0 fully saturated rings. The van der Waals surface area contributed by atoms with Crippen LogP contribution in [-0.4, -0.2) is 36.2 Å². The minimum absolute atomic E-state index is 0.0258. The standard InChI is InChI=1S/C15H15N3O4/c1-17(15-12(18(19)20)5-4-8-16-15)9-11-10-21-13-6-2-3-7-14(13)22-11/h2-8,11H,9-10H2,1H3. The van der Waals surface area contributed by atoms with Gasteiger partial charge in [0.2, 0.25) is 5.82 Å². The lowest BCUT2D eigenvalue weighted by Gasteiger charge is -2.29. The van der Waals surface area contributed by atoms with Crippen LogP contribution in [0, 0.1) is 10.1 Å². The molecule has 7 nitrogen and oxygen atoms in total. The van der Waals surface area contributed by atoms with E-state index in [1.165, 1.54) is 12.3 Å². The Hall–Kier alpha value is -2.83. The molecule has 0 aliphatic carbocycles. The van der Waals surface area contributed by atoms with Crippen LogP contribution >= 0.6 is 0 Å². The minimum atomic E-state index is -0.438. The number of rotatable bonds is 4. The Morgan fingerprint density at radius 3 is 2.86 bits per heavy atom. The number of hydrogen-bond donors (Lipinski definition) is 0. The first-order valence-corrected chi connectivity index (χ1v) is 6.84. The van der Waals surface area contributed by atoms with Crippen LogP contribution in [0.5, 0.6) is 11.5 Å². The zero-order valence-corrected chi connectivity index (χ0v) is 12.0. The lowest BCUT2D eigenvalue weighted by atomic mass is 10.2. The SMILES string of the molecule is CN(CC1COc2ccccc2O1)c1ncccc1[N+](=O)[O-]. The summed E-state index contributed by atoms with van der Waals surface area (Å²) in [6.07, 6.45) is 1.31. The molecular weight excluding hydrogens is 286 g/mol. The van der Waals surface area contributed by atoms with Gasteiger partial charge in [-0.1, -0.05) is 12.1 Å². The highest BCUT2D eigenvalue weighted by atomic mass is 16.6. The summed E-state index contributed by atoms with van der Waals surface area (Å²) in [7, 11) is 1.75. The molecule has 2 aromatic rings. The summed E-state index contributed by atoms with van der Waals surface area (Å²) in [5, 5.41) is 11.1. The number of nitrogens with zero attached hydrogens (tertiary/aromatic N) is 3. The second-order valence-corrected chi connectivity index (χ2v) is 4.98. The summed E-state index contributed by atoms with van der Waals surface area (Å²) in [5.41, 5.74) is -0.0258. The van der Waals surface area contributed by atoms with Gasteiger partial charge in [0.05, 0.1) is 11.5 Å². The summed E-state index contributed by atoms with van der Waals surface area (Å²) < 4.78 is 11.5. The monoisotopic (exact) mass is 301 g/mol. The summed E-state index contributed by atoms with van der Waals surface area (Å²) in [6.45, 7) is 0.828. The van der Waals surface area contributed by atoms with E-state index in [9.17, 15) is 10.1 Å². The molecule has 1 aromatic carbocycles. The van der Waals surface area contributed by atoms with Gasteiger partial charge in [-0.25, -0.2) is 4.98 Å². The van der Waals surface area contributed by atoms with Crippen molar-refractivity contribution >= 4 is 11.5 Å². The van der Waals surface area contributed by atoms with E-state index in [0.29, 0.717) is 30.5 Å². The van der Waals surface area contributed by atoms with E-state index < -0.39 is 4.92 Å². The molecule has 1 atom stereocenters. The van der Waals surface area contributed by atoms with Crippen molar-refractivity contribution in [2.45, 2.75) is 6.10 Å². The minimum Gasteiger partial charge on any atom is -0.486 e. The molecule has 114 valence electrons. The zero-order chi connectivity index (χ0) is 15.5. The van der Waals surface area contributed by atoms with Crippen molar-refractivity contribution < 1.29 is 14.4 Å². The number of para-hydroxylation sites is 2. The van der Waals surface area contributed by atoms with Gasteiger partial charge in [0, 0.05) is 19.3 Å². The summed E-state index contributed by atoms with van der Waals surface area (Å²) in [6, 6.07) is 10.4. The third kappa shape index (κ3) is 2.78. The summed E-state index contributed by atoms with van der Waals surface area (Å²) in [5.74, 6) is 1.71. The molecule has 1 unspecified atom stereocenters. The van der Waals surface area contributed by atoms with E-state index in [4.69, 9.17) is 9.47 Å². The number of nitro groups is 1. The average molecular weight is 301 g/mol. The molecule has 1 aromatic heterocycles. The number of ether oxygens (including phenoxy) is 2. The van der Waals surface area contributed by atoms with Gasteiger partial charge in [0.1, 0.15) is 6.61 Å². The molecule has 0 spiro atoms. The van der Waals surface area contributed by atoms with E-state index >= 15 is 0 Å². The quantitative estimate of drug-likeness (QED) is 0.637. The van der Waals surface area contributed by atoms with Gasteiger partial charge in [-0.2, -0.15) is 0 Å². The van der Waals surface area contributed by atoms with Gasteiger partial charge in [-0.15, -0.1) is 0 Å². The number of anilines is 1. The maximum Gasteiger partial charge on any atom is 0.311 e. The molecule has 7 heteroatoms. The van der Waals surface area contributed by atoms with Crippen LogP contribution in [0.4, 0.5) is 11.5 Å². The molecule has 2 heterocycles. The highest BCUT2D eigenvalue weighted by Crippen LogP contribution is 2.31. The third-order valence-electron chi connectivity index (χ3n) is 3.37. The van der Waals surface area contributed by atoms with Gasteiger partial charge in [0.15, 0.2) is 17.6 Å². The topological polar surface area (TPSA) is 77.7 Å². The number of hydrogen-bond acceptors (Lipinski definition) is 6. The second kappa shape index (κ2) is 5.88. The van der Waals surface area contributed by atoms with Gasteiger partial charge in [-0.05, 0) is 18.2 Å². The first-order valence-electron chi connectivity index (χ1n) is 6.84. The third-order valence-corrected chi connectivity index (χ3v) is 3.37. The van der Waals surface area contributed by atoms with E-state index in [-0.39, 0.29) is 11.8 Å². The fourth-order valence-corrected chi connectivity index (χ4v) is 2.37. The molecule has 1 aliphatic rings. The van der Waals surface area contributed by atoms with Crippen LogP contribution < -0.4 is 14.4 Å². The van der Waals surface area contributed by atoms with Crippen molar-refractivity contribution in [1.82, 2.24) is 4.98 Å². The van der Waals surface area contributed by atoms with E-state index in [0.717, 1.165) is 0 Å². The molecule has 0 N–H and O–H groups in total. The molecule has 3 rings (SSSR count). The molecule has 0 bridgehead atoms. The molecule has 22 heavy (non-hydrogen) atoms. The van der Waals surface area contributed by atoms with Crippen LogP contribution in [0.15, 0.2) is 42.6 Å². The van der Waals surface area contributed by atoms with Crippen molar-refractivity contribution in [3.05, 3.63) is 52.7 Å². The normalized spacial score (nSPS) is 16.1. The molecule has 0 saturated carbocycles. The van der Waals surface area contributed by atoms with Gasteiger partial charge >= 0.3 is 5.69 Å². The van der Waals surface area contributed by atoms with Crippen molar-refractivity contribution in [3.63, 3.8) is 0 Å². The van der Waals surface area contributed by atoms with E-state index in [1.54, 1.807) is 18.0 Å². The molecule has 0 amide bonds. The lowest BCUT2D eigenvalue weighted by molar-refractivity contribution is -0.384. The fourth-order valence-electron chi connectivity index (χ4n) is 2.37. The Balaban J connectivity index is 1.73. The maximum atomic E-state index is 11.1. The predicted molar refractivity (Wildman–Crippen MR) is 80.5 cm³/mol. The average Bonchev–Trinajstić information content (AvgIpc) is 2.54. The Kier molecular flexibility index (Phi) is 3.78. The Morgan fingerprint density at radius 2 is 2.09 bits per heavy atom. The number of fused-ring (bicyclic) bond motifs is 1. The summed E-state index contributed by atoms with van der Waals surface area (Å²) >= 11 is 0. The van der Waals surface area contributed by atoms with Crippen LogP contribution in [0.25, 0.3) is 0 Å². The maximum absolute atomic E-state index is 11.1. The second-order valence-electron chi connectivity index (χ2n) is 4.98. The Bertz CT molecular complexity index is 692. The predicted octanol–water partition coefficient (Wildman–Crippen LogP) is 2.27. The number of likely N-dealkylation sites (N-methyl/N-ethyl adjacent to an activating group) is 1. The Labute approximate surface area is 127 Å². The first-order chi connectivity index (χ1) is 10.6. The molecule has 1 aliphatic heterocycles. The van der Waals surface area contributed by atoms with Crippen LogP contribution in [0.1, 0.15) is 0 Å². The number of pyridine rings is 1. The molecule has 0 saturated heterocycles. The first kappa shape index (κ1) is 14.1. The number of aromatic nitrogens is 1. The van der Waals surface area contributed by atoms with Crippen molar-refractivity contribution in [2.24, 2.45) is 0 Å².